The Morgan fingerprint density at radius 2 is 0.896 bits per heavy atom. The molecule has 9 rings (SSSR count). The fourth-order valence-corrected chi connectivity index (χ4v) is 6.76. The van der Waals surface area contributed by atoms with Gasteiger partial charge in [0.15, 0.2) is 17.5 Å². The Balaban J connectivity index is 1.17. The van der Waals surface area contributed by atoms with Gasteiger partial charge in [0, 0.05) is 27.5 Å². The lowest BCUT2D eigenvalue weighted by atomic mass is 9.90. The van der Waals surface area contributed by atoms with E-state index in [1.54, 1.807) is 0 Å². The standard InChI is InChI=1S/C44H29N3O/c1-28-12-5-6-15-32(28)36-27-26-33(34-16-7-8-17-35(34)36)29-22-24-31(25-23-29)43-45-42(30-13-3-2-4-14-30)46-44(47-43)38-19-11-21-40-41(38)37-18-9-10-20-39(37)48-40/h2-27H,1H3. The molecular weight excluding hydrogens is 587 g/mol. The van der Waals surface area contributed by atoms with E-state index in [4.69, 9.17) is 19.4 Å². The molecule has 0 bridgehead atoms. The van der Waals surface area contributed by atoms with Crippen LogP contribution < -0.4 is 0 Å². The lowest BCUT2D eigenvalue weighted by Gasteiger charge is -2.14. The number of para-hydroxylation sites is 1. The molecule has 0 aliphatic heterocycles. The maximum atomic E-state index is 6.20. The molecule has 4 nitrogen and oxygen atoms in total. The van der Waals surface area contributed by atoms with Gasteiger partial charge in [-0.3, -0.25) is 0 Å². The first kappa shape index (κ1) is 27.9. The Kier molecular flexibility index (Phi) is 6.65. The van der Waals surface area contributed by atoms with Gasteiger partial charge in [-0.05, 0) is 57.6 Å². The summed E-state index contributed by atoms with van der Waals surface area (Å²) in [6.45, 7) is 2.17. The fourth-order valence-electron chi connectivity index (χ4n) is 6.76. The summed E-state index contributed by atoms with van der Waals surface area (Å²) in [5.41, 5.74) is 10.5. The van der Waals surface area contributed by atoms with E-state index in [1.165, 1.54) is 33.0 Å². The van der Waals surface area contributed by atoms with Crippen LogP contribution in [0.3, 0.4) is 0 Å². The normalized spacial score (nSPS) is 11.4. The molecule has 0 unspecified atom stereocenters. The number of fused-ring (bicyclic) bond motifs is 4. The highest BCUT2D eigenvalue weighted by molar-refractivity contribution is 6.12. The molecule has 0 saturated heterocycles. The molecule has 0 amide bonds. The van der Waals surface area contributed by atoms with E-state index in [-0.39, 0.29) is 0 Å². The highest BCUT2D eigenvalue weighted by atomic mass is 16.3. The molecule has 0 N–H and O–H groups in total. The summed E-state index contributed by atoms with van der Waals surface area (Å²) >= 11 is 0. The zero-order chi connectivity index (χ0) is 32.0. The molecule has 2 heterocycles. The Bertz CT molecular complexity index is 2620. The van der Waals surface area contributed by atoms with Crippen molar-refractivity contribution in [2.75, 3.05) is 0 Å². The Hall–Kier alpha value is -6.39. The molecule has 0 spiro atoms. The minimum atomic E-state index is 0.609. The number of benzene rings is 7. The van der Waals surface area contributed by atoms with Crippen molar-refractivity contribution in [3.05, 3.63) is 163 Å². The van der Waals surface area contributed by atoms with Crippen molar-refractivity contribution in [1.29, 1.82) is 0 Å². The van der Waals surface area contributed by atoms with Crippen molar-refractivity contribution in [2.45, 2.75) is 6.92 Å². The number of aryl methyl sites for hydroxylation is 1. The molecule has 226 valence electrons. The molecule has 48 heavy (non-hydrogen) atoms. The summed E-state index contributed by atoms with van der Waals surface area (Å²) in [6, 6.07) is 54.5. The van der Waals surface area contributed by atoms with Crippen LogP contribution in [0.2, 0.25) is 0 Å². The smallest absolute Gasteiger partial charge is 0.164 e. The van der Waals surface area contributed by atoms with Gasteiger partial charge in [-0.2, -0.15) is 0 Å². The van der Waals surface area contributed by atoms with E-state index in [1.807, 2.05) is 60.7 Å². The maximum absolute atomic E-state index is 6.20. The molecule has 0 aliphatic rings. The number of furan rings is 1. The van der Waals surface area contributed by atoms with E-state index in [9.17, 15) is 0 Å². The first-order valence-corrected chi connectivity index (χ1v) is 16.1. The number of hydrogen-bond donors (Lipinski definition) is 0. The van der Waals surface area contributed by atoms with Crippen molar-refractivity contribution >= 4 is 32.7 Å². The van der Waals surface area contributed by atoms with Crippen LogP contribution >= 0.6 is 0 Å². The van der Waals surface area contributed by atoms with Crippen LogP contribution in [0.4, 0.5) is 0 Å². The Morgan fingerprint density at radius 1 is 0.354 bits per heavy atom. The highest BCUT2D eigenvalue weighted by Crippen LogP contribution is 2.39. The van der Waals surface area contributed by atoms with Crippen molar-refractivity contribution in [1.82, 2.24) is 15.0 Å². The van der Waals surface area contributed by atoms with Crippen LogP contribution in [0.25, 0.3) is 89.1 Å². The molecular formula is C44H29N3O. The van der Waals surface area contributed by atoms with Gasteiger partial charge in [0.25, 0.3) is 0 Å². The molecule has 0 fully saturated rings. The van der Waals surface area contributed by atoms with Gasteiger partial charge < -0.3 is 4.42 Å². The van der Waals surface area contributed by atoms with Crippen molar-refractivity contribution in [2.24, 2.45) is 0 Å². The molecule has 0 saturated carbocycles. The second kappa shape index (κ2) is 11.4. The maximum Gasteiger partial charge on any atom is 0.164 e. The van der Waals surface area contributed by atoms with Crippen LogP contribution in [0, 0.1) is 6.92 Å². The second-order valence-electron chi connectivity index (χ2n) is 12.0. The average molecular weight is 616 g/mol. The van der Waals surface area contributed by atoms with Crippen LogP contribution in [0.15, 0.2) is 162 Å². The third-order valence-electron chi connectivity index (χ3n) is 9.12. The van der Waals surface area contributed by atoms with E-state index in [2.05, 4.69) is 104 Å². The largest absolute Gasteiger partial charge is 0.456 e. The van der Waals surface area contributed by atoms with Gasteiger partial charge in [0.1, 0.15) is 11.2 Å². The summed E-state index contributed by atoms with van der Waals surface area (Å²) < 4.78 is 6.20. The zero-order valence-corrected chi connectivity index (χ0v) is 26.3. The van der Waals surface area contributed by atoms with E-state index in [0.29, 0.717) is 17.5 Å². The summed E-state index contributed by atoms with van der Waals surface area (Å²) in [6.07, 6.45) is 0. The number of rotatable bonds is 5. The summed E-state index contributed by atoms with van der Waals surface area (Å²) in [5, 5.41) is 4.50. The lowest BCUT2D eigenvalue weighted by Crippen LogP contribution is -2.00. The van der Waals surface area contributed by atoms with Gasteiger partial charge in [0.2, 0.25) is 0 Å². The number of nitrogens with zero attached hydrogens (tertiary/aromatic N) is 3. The lowest BCUT2D eigenvalue weighted by molar-refractivity contribution is 0.669. The van der Waals surface area contributed by atoms with Crippen LogP contribution in [0.5, 0.6) is 0 Å². The topological polar surface area (TPSA) is 51.8 Å². The van der Waals surface area contributed by atoms with Gasteiger partial charge in [-0.1, -0.05) is 146 Å². The molecule has 4 heteroatoms. The van der Waals surface area contributed by atoms with Crippen molar-refractivity contribution in [3.63, 3.8) is 0 Å². The highest BCUT2D eigenvalue weighted by Gasteiger charge is 2.18. The summed E-state index contributed by atoms with van der Waals surface area (Å²) in [4.78, 5) is 15.1. The first-order valence-electron chi connectivity index (χ1n) is 16.1. The number of hydrogen-bond acceptors (Lipinski definition) is 4. The number of aromatic nitrogens is 3. The quantitative estimate of drug-likeness (QED) is 0.193. The SMILES string of the molecule is Cc1ccccc1-c1ccc(-c2ccc(-c3nc(-c4ccccc4)nc(-c4cccc5oc6ccccc6c45)n3)cc2)c2ccccc12. The van der Waals surface area contributed by atoms with Crippen molar-refractivity contribution < 1.29 is 4.42 Å². The third-order valence-corrected chi connectivity index (χ3v) is 9.12. The Labute approximate surface area is 278 Å². The summed E-state index contributed by atoms with van der Waals surface area (Å²) in [5.74, 6) is 1.86. The monoisotopic (exact) mass is 615 g/mol. The molecule has 7 aromatic carbocycles. The minimum Gasteiger partial charge on any atom is -0.456 e. The van der Waals surface area contributed by atoms with Crippen LogP contribution in [-0.2, 0) is 0 Å². The second-order valence-corrected chi connectivity index (χ2v) is 12.0. The molecule has 2 aromatic heterocycles. The Morgan fingerprint density at radius 3 is 1.67 bits per heavy atom. The van der Waals surface area contributed by atoms with Gasteiger partial charge in [-0.15, -0.1) is 0 Å². The van der Waals surface area contributed by atoms with Crippen LogP contribution in [-0.4, -0.2) is 15.0 Å². The van der Waals surface area contributed by atoms with Crippen molar-refractivity contribution in [3.8, 4) is 56.4 Å². The average Bonchev–Trinajstić information content (AvgIpc) is 3.54. The third kappa shape index (κ3) is 4.74. The summed E-state index contributed by atoms with van der Waals surface area (Å²) in [7, 11) is 0. The molecule has 0 radical (unpaired) electrons. The fraction of sp³-hybridized carbons (Fsp3) is 0.0227. The first-order chi connectivity index (χ1) is 23.7. The molecule has 9 aromatic rings. The van der Waals surface area contributed by atoms with E-state index < -0.39 is 0 Å². The van der Waals surface area contributed by atoms with Gasteiger partial charge >= 0.3 is 0 Å². The van der Waals surface area contributed by atoms with E-state index in [0.717, 1.165) is 44.2 Å². The van der Waals surface area contributed by atoms with Gasteiger partial charge in [-0.25, -0.2) is 15.0 Å². The predicted octanol–water partition coefficient (Wildman–Crippen LogP) is 11.6. The molecule has 0 atom stereocenters. The van der Waals surface area contributed by atoms with Gasteiger partial charge in [0.05, 0.1) is 0 Å². The molecule has 0 aliphatic carbocycles. The minimum absolute atomic E-state index is 0.609. The van der Waals surface area contributed by atoms with E-state index >= 15 is 0 Å². The predicted molar refractivity (Wildman–Crippen MR) is 197 cm³/mol. The van der Waals surface area contributed by atoms with Crippen LogP contribution in [0.1, 0.15) is 5.56 Å². The zero-order valence-electron chi connectivity index (χ0n) is 26.3.